The predicted octanol–water partition coefficient (Wildman–Crippen LogP) is 2.83. The molecule has 2 aromatic heterocycles. The van der Waals surface area contributed by atoms with E-state index in [4.69, 9.17) is 10.3 Å². The van der Waals surface area contributed by atoms with Gasteiger partial charge >= 0.3 is 0 Å². The normalized spacial score (nSPS) is 12.8. The molecule has 0 radical (unpaired) electrons. The Labute approximate surface area is 115 Å². The lowest BCUT2D eigenvalue weighted by Crippen LogP contribution is -2.28. The summed E-state index contributed by atoms with van der Waals surface area (Å²) in [6.07, 6.45) is 2.72. The number of nitrogens with one attached hydrogen (secondary N) is 1. The number of para-hydroxylation sites is 1. The van der Waals surface area contributed by atoms with Crippen molar-refractivity contribution in [2.45, 2.75) is 13.0 Å². The highest BCUT2D eigenvalue weighted by Gasteiger charge is 2.18. The first-order chi connectivity index (χ1) is 9.69. The quantitative estimate of drug-likeness (QED) is 0.568. The second-order valence-electron chi connectivity index (χ2n) is 4.68. The van der Waals surface area contributed by atoms with Crippen LogP contribution in [0.4, 0.5) is 4.39 Å². The Morgan fingerprint density at radius 1 is 1.30 bits per heavy atom. The summed E-state index contributed by atoms with van der Waals surface area (Å²) in [5.41, 5.74) is 5.11. The predicted molar refractivity (Wildman–Crippen MR) is 74.3 cm³/mol. The molecule has 0 aliphatic heterocycles. The second-order valence-corrected chi connectivity index (χ2v) is 4.68. The topological polar surface area (TPSA) is 64.1 Å². The molecule has 2 heterocycles. The first-order valence-corrected chi connectivity index (χ1v) is 6.24. The first kappa shape index (κ1) is 12.8. The number of pyridine rings is 1. The molecule has 0 fully saturated rings. The number of halogens is 1. The van der Waals surface area contributed by atoms with Gasteiger partial charge in [0.25, 0.3) is 0 Å². The number of hydrogen-bond acceptors (Lipinski definition) is 4. The fourth-order valence-electron chi connectivity index (χ4n) is 2.30. The minimum Gasteiger partial charge on any atom is -0.459 e. The number of furan rings is 1. The lowest BCUT2D eigenvalue weighted by molar-refractivity contribution is 0.473. The maximum atomic E-state index is 13.3. The van der Waals surface area contributed by atoms with Gasteiger partial charge in [-0.05, 0) is 30.2 Å². The molecular formula is C15H14FN3O. The summed E-state index contributed by atoms with van der Waals surface area (Å²) in [5, 5.41) is 0.990. The van der Waals surface area contributed by atoms with Gasteiger partial charge in [0.15, 0.2) is 0 Å². The number of hydrazine groups is 1. The fourth-order valence-corrected chi connectivity index (χ4v) is 2.30. The van der Waals surface area contributed by atoms with Crippen molar-refractivity contribution in [2.75, 3.05) is 0 Å². The Morgan fingerprint density at radius 3 is 2.85 bits per heavy atom. The van der Waals surface area contributed by atoms with Gasteiger partial charge in [-0.1, -0.05) is 18.2 Å². The third-order valence-electron chi connectivity index (χ3n) is 3.27. The van der Waals surface area contributed by atoms with Gasteiger partial charge < -0.3 is 4.42 Å². The molecule has 0 saturated carbocycles. The van der Waals surface area contributed by atoms with E-state index in [1.54, 1.807) is 6.20 Å². The number of nitrogens with zero attached hydrogens (tertiary/aromatic N) is 1. The highest BCUT2D eigenvalue weighted by atomic mass is 19.1. The van der Waals surface area contributed by atoms with Crippen LogP contribution in [0.25, 0.3) is 11.0 Å². The number of fused-ring (bicyclic) bond motifs is 1. The van der Waals surface area contributed by atoms with E-state index < -0.39 is 11.9 Å². The summed E-state index contributed by atoms with van der Waals surface area (Å²) in [7, 11) is 0. The smallest absolute Gasteiger partial charge is 0.141 e. The van der Waals surface area contributed by atoms with Crippen molar-refractivity contribution in [3.63, 3.8) is 0 Å². The maximum Gasteiger partial charge on any atom is 0.141 e. The summed E-state index contributed by atoms with van der Waals surface area (Å²) in [6.45, 7) is 1.98. The number of aryl methyl sites for hydroxylation is 1. The first-order valence-electron chi connectivity index (χ1n) is 6.24. The van der Waals surface area contributed by atoms with Crippen molar-refractivity contribution in [1.29, 1.82) is 0 Å². The van der Waals surface area contributed by atoms with Crippen LogP contribution in [0.15, 0.2) is 47.1 Å². The van der Waals surface area contributed by atoms with Crippen molar-refractivity contribution in [3.05, 3.63) is 65.4 Å². The lowest BCUT2D eigenvalue weighted by Gasteiger charge is -2.13. The van der Waals surface area contributed by atoms with Gasteiger partial charge in [0.1, 0.15) is 23.2 Å². The molecule has 4 nitrogen and oxygen atoms in total. The largest absolute Gasteiger partial charge is 0.459 e. The van der Waals surface area contributed by atoms with Gasteiger partial charge in [0.2, 0.25) is 0 Å². The SMILES string of the molecule is Cc1cccc2cc(C(NN)c3cncc(F)c3)oc12. The molecule has 0 aliphatic rings. The average Bonchev–Trinajstić information content (AvgIpc) is 2.85. The number of benzene rings is 1. The van der Waals surface area contributed by atoms with E-state index in [1.807, 2.05) is 31.2 Å². The fraction of sp³-hybridized carbons (Fsp3) is 0.133. The van der Waals surface area contributed by atoms with Crippen LogP contribution in [0.5, 0.6) is 0 Å². The van der Waals surface area contributed by atoms with Gasteiger partial charge in [-0.15, -0.1) is 0 Å². The molecule has 102 valence electrons. The van der Waals surface area contributed by atoms with Crippen molar-refractivity contribution in [2.24, 2.45) is 5.84 Å². The summed E-state index contributed by atoms with van der Waals surface area (Å²) < 4.78 is 19.1. The minimum atomic E-state index is -0.440. The molecule has 3 rings (SSSR count). The number of hydrogen-bond donors (Lipinski definition) is 2. The molecule has 5 heteroatoms. The average molecular weight is 271 g/mol. The molecule has 20 heavy (non-hydrogen) atoms. The van der Waals surface area contributed by atoms with Crippen molar-refractivity contribution in [1.82, 2.24) is 10.4 Å². The van der Waals surface area contributed by atoms with Crippen molar-refractivity contribution < 1.29 is 8.81 Å². The third-order valence-corrected chi connectivity index (χ3v) is 3.27. The number of rotatable bonds is 3. The Hall–Kier alpha value is -2.24. The van der Waals surface area contributed by atoms with E-state index in [1.165, 1.54) is 6.07 Å². The summed E-state index contributed by atoms with van der Waals surface area (Å²) in [5.74, 6) is 5.81. The van der Waals surface area contributed by atoms with Crippen molar-refractivity contribution in [3.8, 4) is 0 Å². The molecule has 1 unspecified atom stereocenters. The van der Waals surface area contributed by atoms with Crippen LogP contribution in [-0.2, 0) is 0 Å². The Balaban J connectivity index is 2.09. The van der Waals surface area contributed by atoms with E-state index in [0.717, 1.165) is 22.7 Å². The zero-order valence-corrected chi connectivity index (χ0v) is 10.9. The van der Waals surface area contributed by atoms with Gasteiger partial charge in [0, 0.05) is 11.6 Å². The van der Waals surface area contributed by atoms with Crippen LogP contribution in [0.2, 0.25) is 0 Å². The zero-order valence-electron chi connectivity index (χ0n) is 10.9. The summed E-state index contributed by atoms with van der Waals surface area (Å²) in [6, 6.07) is 8.75. The molecular weight excluding hydrogens is 257 g/mol. The molecule has 1 aromatic carbocycles. The molecule has 3 N–H and O–H groups in total. The Kier molecular flexibility index (Phi) is 3.22. The van der Waals surface area contributed by atoms with Gasteiger partial charge in [-0.2, -0.15) is 0 Å². The second kappa shape index (κ2) is 5.03. The lowest BCUT2D eigenvalue weighted by atomic mass is 10.1. The molecule has 1 atom stereocenters. The Bertz CT molecular complexity index is 754. The summed E-state index contributed by atoms with van der Waals surface area (Å²) >= 11 is 0. The van der Waals surface area contributed by atoms with Gasteiger partial charge in [-0.3, -0.25) is 10.8 Å². The maximum absolute atomic E-state index is 13.3. The minimum absolute atomic E-state index is 0.407. The van der Waals surface area contributed by atoms with E-state index in [-0.39, 0.29) is 0 Å². The van der Waals surface area contributed by atoms with Crippen LogP contribution in [0, 0.1) is 12.7 Å². The van der Waals surface area contributed by atoms with Gasteiger partial charge in [-0.25, -0.2) is 9.82 Å². The molecule has 3 aromatic rings. The number of nitrogens with two attached hydrogens (primary N) is 1. The van der Waals surface area contributed by atoms with Crippen molar-refractivity contribution >= 4 is 11.0 Å². The van der Waals surface area contributed by atoms with Crippen LogP contribution in [0.1, 0.15) is 22.9 Å². The van der Waals surface area contributed by atoms with E-state index in [2.05, 4.69) is 10.4 Å². The molecule has 0 saturated heterocycles. The molecule has 0 amide bonds. The van der Waals surface area contributed by atoms with Gasteiger partial charge in [0.05, 0.1) is 6.20 Å². The van der Waals surface area contributed by atoms with E-state index in [0.29, 0.717) is 11.3 Å². The Morgan fingerprint density at radius 2 is 2.15 bits per heavy atom. The standard InChI is InChI=1S/C15H14FN3O/c1-9-3-2-4-10-6-13(20-15(9)10)14(19-17)11-5-12(16)8-18-7-11/h2-8,14,19H,17H2,1H3. The van der Waals surface area contributed by atoms with E-state index in [9.17, 15) is 4.39 Å². The summed E-state index contributed by atoms with van der Waals surface area (Å²) in [4.78, 5) is 3.84. The molecule has 0 aliphatic carbocycles. The highest BCUT2D eigenvalue weighted by Crippen LogP contribution is 2.29. The monoisotopic (exact) mass is 271 g/mol. The molecule has 0 spiro atoms. The van der Waals surface area contributed by atoms with Crippen LogP contribution in [-0.4, -0.2) is 4.98 Å². The van der Waals surface area contributed by atoms with Crippen LogP contribution < -0.4 is 11.3 Å². The van der Waals surface area contributed by atoms with Crippen LogP contribution >= 0.6 is 0 Å². The number of aromatic nitrogens is 1. The highest BCUT2D eigenvalue weighted by molar-refractivity contribution is 5.81. The zero-order chi connectivity index (χ0) is 14.1. The molecule has 0 bridgehead atoms. The van der Waals surface area contributed by atoms with Crippen LogP contribution in [0.3, 0.4) is 0 Å². The third kappa shape index (κ3) is 2.17. The van der Waals surface area contributed by atoms with E-state index >= 15 is 0 Å².